The van der Waals surface area contributed by atoms with Crippen molar-refractivity contribution >= 4 is 0 Å². The van der Waals surface area contributed by atoms with Crippen molar-refractivity contribution in [3.63, 3.8) is 0 Å². The fourth-order valence-corrected chi connectivity index (χ4v) is 5.02. The lowest BCUT2D eigenvalue weighted by molar-refractivity contribution is -0.202. The molecular formula is C17H34N2O. The molecule has 2 fully saturated rings. The maximum Gasteiger partial charge on any atom is 0.0761 e. The van der Waals surface area contributed by atoms with Crippen molar-refractivity contribution in [1.82, 2.24) is 4.90 Å². The van der Waals surface area contributed by atoms with Crippen LogP contribution in [0.4, 0.5) is 0 Å². The first-order valence-electron chi connectivity index (χ1n) is 8.07. The second-order valence-corrected chi connectivity index (χ2v) is 9.23. The van der Waals surface area contributed by atoms with Gasteiger partial charge < -0.3 is 10.5 Å². The summed E-state index contributed by atoms with van der Waals surface area (Å²) in [6, 6.07) is 0. The van der Waals surface area contributed by atoms with Crippen molar-refractivity contribution in [3.8, 4) is 0 Å². The van der Waals surface area contributed by atoms with Crippen LogP contribution >= 0.6 is 0 Å². The standard InChI is InChI=1S/C17H34N2O/c1-13-8-14(2,3)9-17(13,10-18)19-11-15(4,5)20-16(6,7)12-19/h13H,8-12,18H2,1-7H3. The van der Waals surface area contributed by atoms with Crippen molar-refractivity contribution in [2.45, 2.75) is 78.0 Å². The SMILES string of the molecule is CC1CC(C)(C)CC1(CN)N1CC(C)(C)OC(C)(C)C1. The van der Waals surface area contributed by atoms with Crippen molar-refractivity contribution < 1.29 is 4.74 Å². The highest BCUT2D eigenvalue weighted by Gasteiger charge is 2.54. The lowest BCUT2D eigenvalue weighted by Crippen LogP contribution is -2.67. The molecule has 0 aromatic heterocycles. The molecule has 0 aromatic carbocycles. The Labute approximate surface area is 125 Å². The highest BCUT2D eigenvalue weighted by atomic mass is 16.5. The number of morpholine rings is 1. The summed E-state index contributed by atoms with van der Waals surface area (Å²) in [5.41, 5.74) is 6.64. The van der Waals surface area contributed by atoms with Gasteiger partial charge in [0.1, 0.15) is 0 Å². The molecule has 2 N–H and O–H groups in total. The largest absolute Gasteiger partial charge is 0.367 e. The van der Waals surface area contributed by atoms with Crippen molar-refractivity contribution in [1.29, 1.82) is 0 Å². The van der Waals surface area contributed by atoms with Gasteiger partial charge in [0.05, 0.1) is 11.2 Å². The van der Waals surface area contributed by atoms with E-state index in [1.807, 2.05) is 0 Å². The highest BCUT2D eigenvalue weighted by Crippen LogP contribution is 2.51. The van der Waals surface area contributed by atoms with E-state index in [1.165, 1.54) is 12.8 Å². The summed E-state index contributed by atoms with van der Waals surface area (Å²) in [6.45, 7) is 18.7. The topological polar surface area (TPSA) is 38.5 Å². The number of hydrogen-bond donors (Lipinski definition) is 1. The predicted molar refractivity (Wildman–Crippen MR) is 84.8 cm³/mol. The number of hydrogen-bond acceptors (Lipinski definition) is 3. The molecule has 3 nitrogen and oxygen atoms in total. The first-order chi connectivity index (χ1) is 8.91. The Kier molecular flexibility index (Phi) is 3.81. The number of ether oxygens (including phenoxy) is 1. The summed E-state index contributed by atoms with van der Waals surface area (Å²) in [5.74, 6) is 0.646. The normalized spacial score (nSPS) is 39.9. The third-order valence-corrected chi connectivity index (χ3v) is 5.24. The summed E-state index contributed by atoms with van der Waals surface area (Å²) < 4.78 is 6.25. The van der Waals surface area contributed by atoms with Crippen LogP contribution in [-0.2, 0) is 4.74 Å². The van der Waals surface area contributed by atoms with E-state index in [0.717, 1.165) is 19.6 Å². The molecular weight excluding hydrogens is 248 g/mol. The van der Waals surface area contributed by atoms with Gasteiger partial charge in [-0.3, -0.25) is 4.90 Å². The van der Waals surface area contributed by atoms with E-state index in [9.17, 15) is 0 Å². The molecule has 1 saturated heterocycles. The quantitative estimate of drug-likeness (QED) is 0.846. The maximum atomic E-state index is 6.31. The summed E-state index contributed by atoms with van der Waals surface area (Å²) >= 11 is 0. The Bertz CT molecular complexity index is 359. The minimum absolute atomic E-state index is 0.101. The van der Waals surface area contributed by atoms with Gasteiger partial charge in [-0.1, -0.05) is 20.8 Å². The van der Waals surface area contributed by atoms with Crippen molar-refractivity contribution in [2.75, 3.05) is 19.6 Å². The predicted octanol–water partition coefficient (Wildman–Crippen LogP) is 3.03. The molecule has 2 unspecified atom stereocenters. The molecule has 0 radical (unpaired) electrons. The van der Waals surface area contributed by atoms with Gasteiger partial charge in [0.15, 0.2) is 0 Å². The van der Waals surface area contributed by atoms with Gasteiger partial charge in [0, 0.05) is 25.2 Å². The van der Waals surface area contributed by atoms with Crippen LogP contribution < -0.4 is 5.73 Å². The van der Waals surface area contributed by atoms with Crippen LogP contribution in [0.15, 0.2) is 0 Å². The van der Waals surface area contributed by atoms with Gasteiger partial charge in [-0.25, -0.2) is 0 Å². The number of nitrogens with two attached hydrogens (primary N) is 1. The average molecular weight is 282 g/mol. The molecule has 0 amide bonds. The van der Waals surface area contributed by atoms with Crippen LogP contribution in [-0.4, -0.2) is 41.3 Å². The summed E-state index contributed by atoms with van der Waals surface area (Å²) in [5, 5.41) is 0. The Balaban J connectivity index is 2.32. The van der Waals surface area contributed by atoms with Crippen molar-refractivity contribution in [2.24, 2.45) is 17.1 Å². The van der Waals surface area contributed by atoms with E-state index in [4.69, 9.17) is 10.5 Å². The van der Waals surface area contributed by atoms with Crippen LogP contribution in [0.25, 0.3) is 0 Å². The average Bonchev–Trinajstić information content (AvgIpc) is 2.44. The molecule has 3 heteroatoms. The molecule has 20 heavy (non-hydrogen) atoms. The first kappa shape index (κ1) is 16.3. The van der Waals surface area contributed by atoms with Crippen LogP contribution in [0.1, 0.15) is 61.3 Å². The monoisotopic (exact) mass is 282 g/mol. The van der Waals surface area contributed by atoms with Crippen LogP contribution in [0, 0.1) is 11.3 Å². The molecule has 1 saturated carbocycles. The van der Waals surface area contributed by atoms with Crippen LogP contribution in [0.2, 0.25) is 0 Å². The van der Waals surface area contributed by atoms with Crippen LogP contribution in [0.3, 0.4) is 0 Å². The molecule has 1 heterocycles. The Morgan fingerprint density at radius 1 is 1.05 bits per heavy atom. The number of rotatable bonds is 2. The summed E-state index contributed by atoms with van der Waals surface area (Å²) in [6.07, 6.45) is 2.46. The molecule has 0 spiro atoms. The van der Waals surface area contributed by atoms with Gasteiger partial charge in [-0.2, -0.15) is 0 Å². The Hall–Kier alpha value is -0.120. The molecule has 2 atom stereocenters. The van der Waals surface area contributed by atoms with E-state index in [0.29, 0.717) is 11.3 Å². The third kappa shape index (κ3) is 2.90. The van der Waals surface area contributed by atoms with Crippen LogP contribution in [0.5, 0.6) is 0 Å². The molecule has 2 rings (SSSR count). The summed E-state index contributed by atoms with van der Waals surface area (Å²) in [4.78, 5) is 2.65. The zero-order valence-electron chi connectivity index (χ0n) is 14.5. The Morgan fingerprint density at radius 2 is 1.55 bits per heavy atom. The van der Waals surface area contributed by atoms with E-state index < -0.39 is 0 Å². The molecule has 2 aliphatic rings. The Morgan fingerprint density at radius 3 is 1.90 bits per heavy atom. The fraction of sp³-hybridized carbons (Fsp3) is 1.00. The lowest BCUT2D eigenvalue weighted by Gasteiger charge is -2.55. The van der Waals surface area contributed by atoms with Crippen molar-refractivity contribution in [3.05, 3.63) is 0 Å². The molecule has 118 valence electrons. The van der Waals surface area contributed by atoms with Gasteiger partial charge in [-0.15, -0.1) is 0 Å². The molecule has 0 bridgehead atoms. The van der Waals surface area contributed by atoms with E-state index in [2.05, 4.69) is 53.4 Å². The summed E-state index contributed by atoms with van der Waals surface area (Å²) in [7, 11) is 0. The highest BCUT2D eigenvalue weighted by molar-refractivity contribution is 5.09. The molecule has 1 aliphatic carbocycles. The second kappa shape index (κ2) is 4.69. The number of nitrogens with zero attached hydrogens (tertiary/aromatic N) is 1. The zero-order valence-corrected chi connectivity index (χ0v) is 14.5. The zero-order chi connectivity index (χ0) is 15.4. The lowest BCUT2D eigenvalue weighted by atomic mass is 9.82. The van der Waals surface area contributed by atoms with Gasteiger partial charge in [0.2, 0.25) is 0 Å². The maximum absolute atomic E-state index is 6.31. The third-order valence-electron chi connectivity index (χ3n) is 5.24. The van der Waals surface area contributed by atoms with E-state index >= 15 is 0 Å². The van der Waals surface area contributed by atoms with E-state index in [1.54, 1.807) is 0 Å². The smallest absolute Gasteiger partial charge is 0.0761 e. The first-order valence-corrected chi connectivity index (χ1v) is 8.07. The van der Waals surface area contributed by atoms with Gasteiger partial charge in [0.25, 0.3) is 0 Å². The minimum Gasteiger partial charge on any atom is -0.367 e. The van der Waals surface area contributed by atoms with E-state index in [-0.39, 0.29) is 16.7 Å². The van der Waals surface area contributed by atoms with Gasteiger partial charge >= 0.3 is 0 Å². The molecule has 0 aromatic rings. The second-order valence-electron chi connectivity index (χ2n) is 9.23. The molecule has 1 aliphatic heterocycles. The minimum atomic E-state index is -0.101. The van der Waals surface area contributed by atoms with Gasteiger partial charge in [-0.05, 0) is 51.9 Å². The fourth-order valence-electron chi connectivity index (χ4n) is 5.02.